The van der Waals surface area contributed by atoms with Crippen molar-refractivity contribution in [3.63, 3.8) is 0 Å². The summed E-state index contributed by atoms with van der Waals surface area (Å²) in [4.78, 5) is 30.7. The molecule has 0 aromatic carbocycles. The summed E-state index contributed by atoms with van der Waals surface area (Å²) in [6, 6.07) is 7.84. The summed E-state index contributed by atoms with van der Waals surface area (Å²) in [5, 5.41) is 4.00. The van der Waals surface area contributed by atoms with Crippen molar-refractivity contribution >= 4 is 46.2 Å². The van der Waals surface area contributed by atoms with Gasteiger partial charge in [-0.2, -0.15) is 0 Å². The van der Waals surface area contributed by atoms with Crippen molar-refractivity contribution in [2.75, 3.05) is 19.6 Å². The minimum atomic E-state index is -0.0276. The number of hydrogen-bond donors (Lipinski definition) is 0. The van der Waals surface area contributed by atoms with Gasteiger partial charge in [0.1, 0.15) is 5.37 Å². The summed E-state index contributed by atoms with van der Waals surface area (Å²) < 4.78 is 0. The molecule has 1 aliphatic rings. The molecule has 3 rings (SSSR count). The molecule has 1 aliphatic heterocycles. The molecule has 0 radical (unpaired) electrons. The summed E-state index contributed by atoms with van der Waals surface area (Å²) in [5.74, 6) is 0.213. The number of thioether (sulfide) groups is 1. The van der Waals surface area contributed by atoms with Gasteiger partial charge in [0.15, 0.2) is 0 Å². The van der Waals surface area contributed by atoms with Crippen molar-refractivity contribution in [1.82, 2.24) is 9.80 Å². The molecule has 2 aromatic rings. The number of rotatable bonds is 6. The van der Waals surface area contributed by atoms with Crippen LogP contribution >= 0.6 is 34.4 Å². The van der Waals surface area contributed by atoms with Gasteiger partial charge in [0.2, 0.25) is 5.91 Å². The zero-order valence-electron chi connectivity index (χ0n) is 13.7. The molecule has 128 valence electrons. The first-order valence-electron chi connectivity index (χ1n) is 7.94. The molecular formula is C17H20N2O2S3. The summed E-state index contributed by atoms with van der Waals surface area (Å²) in [6.45, 7) is 5.72. The summed E-state index contributed by atoms with van der Waals surface area (Å²) in [5.41, 5.74) is 0. The van der Waals surface area contributed by atoms with Crippen LogP contribution in [-0.4, -0.2) is 46.5 Å². The highest BCUT2D eigenvalue weighted by Gasteiger charge is 2.39. The monoisotopic (exact) mass is 380 g/mol. The standard InChI is InChI=1S/C17H20N2O2S3/c1-3-18(16(21)13-6-4-10-22-13)8-9-19-15(20)12(2)24-17(19)14-7-5-11-23-14/h4-7,10-12,17H,3,8-9H2,1-2H3/t12-,17+/m1/s1. The lowest BCUT2D eigenvalue weighted by molar-refractivity contribution is -0.129. The third-order valence-electron chi connectivity index (χ3n) is 4.05. The van der Waals surface area contributed by atoms with E-state index in [0.717, 1.165) is 4.88 Å². The molecule has 0 aliphatic carbocycles. The molecule has 7 heteroatoms. The fourth-order valence-corrected chi connectivity index (χ4v) is 5.69. The van der Waals surface area contributed by atoms with Gasteiger partial charge in [-0.15, -0.1) is 34.4 Å². The van der Waals surface area contributed by atoms with Gasteiger partial charge in [-0.25, -0.2) is 0 Å². The van der Waals surface area contributed by atoms with E-state index in [2.05, 4.69) is 6.07 Å². The van der Waals surface area contributed by atoms with E-state index in [9.17, 15) is 9.59 Å². The lowest BCUT2D eigenvalue weighted by atomic mass is 10.3. The Balaban J connectivity index is 1.69. The highest BCUT2D eigenvalue weighted by molar-refractivity contribution is 8.01. The molecule has 24 heavy (non-hydrogen) atoms. The Labute approximate surface area is 154 Å². The average Bonchev–Trinajstić information content (AvgIpc) is 3.32. The fourth-order valence-electron chi connectivity index (χ4n) is 2.74. The molecule has 3 heterocycles. The second-order valence-electron chi connectivity index (χ2n) is 5.54. The maximum Gasteiger partial charge on any atom is 0.263 e. The van der Waals surface area contributed by atoms with Crippen molar-refractivity contribution < 1.29 is 9.59 Å². The van der Waals surface area contributed by atoms with E-state index in [1.54, 1.807) is 23.1 Å². The predicted molar refractivity (Wildman–Crippen MR) is 102 cm³/mol. The van der Waals surface area contributed by atoms with E-state index >= 15 is 0 Å². The first kappa shape index (κ1) is 17.5. The average molecular weight is 381 g/mol. The minimum Gasteiger partial charge on any atom is -0.336 e. The van der Waals surface area contributed by atoms with E-state index in [0.29, 0.717) is 19.6 Å². The van der Waals surface area contributed by atoms with Crippen LogP contribution in [0, 0.1) is 0 Å². The Hall–Kier alpha value is -1.31. The fraction of sp³-hybridized carbons (Fsp3) is 0.412. The van der Waals surface area contributed by atoms with E-state index in [1.165, 1.54) is 16.2 Å². The highest BCUT2D eigenvalue weighted by Crippen LogP contribution is 2.44. The summed E-state index contributed by atoms with van der Waals surface area (Å²) >= 11 is 4.83. The predicted octanol–water partition coefficient (Wildman–Crippen LogP) is 3.93. The van der Waals surface area contributed by atoms with Gasteiger partial charge in [-0.05, 0) is 36.7 Å². The third kappa shape index (κ3) is 3.53. The number of hydrogen-bond acceptors (Lipinski definition) is 5. The van der Waals surface area contributed by atoms with Gasteiger partial charge in [0.25, 0.3) is 5.91 Å². The van der Waals surface area contributed by atoms with Crippen LogP contribution < -0.4 is 0 Å². The second-order valence-corrected chi connectivity index (χ2v) is 8.89. The Morgan fingerprint density at radius 3 is 2.62 bits per heavy atom. The van der Waals surface area contributed by atoms with Crippen LogP contribution in [0.3, 0.4) is 0 Å². The molecule has 0 saturated carbocycles. The van der Waals surface area contributed by atoms with Crippen molar-refractivity contribution in [2.45, 2.75) is 24.5 Å². The normalized spacial score (nSPS) is 20.6. The molecule has 0 bridgehead atoms. The van der Waals surface area contributed by atoms with E-state index in [1.807, 2.05) is 52.6 Å². The van der Waals surface area contributed by atoms with Gasteiger partial charge >= 0.3 is 0 Å². The van der Waals surface area contributed by atoms with Crippen LogP contribution in [0.4, 0.5) is 0 Å². The van der Waals surface area contributed by atoms with Gasteiger partial charge in [0.05, 0.1) is 10.1 Å². The first-order valence-corrected chi connectivity index (χ1v) is 10.6. The lowest BCUT2D eigenvalue weighted by Gasteiger charge is -2.27. The van der Waals surface area contributed by atoms with Gasteiger partial charge < -0.3 is 9.80 Å². The number of thiophene rings is 2. The number of likely N-dealkylation sites (N-methyl/N-ethyl adjacent to an activating group) is 1. The molecule has 0 unspecified atom stereocenters. The van der Waals surface area contributed by atoms with Gasteiger partial charge in [0, 0.05) is 24.5 Å². The maximum absolute atomic E-state index is 12.5. The number of carbonyl (C=O) groups excluding carboxylic acids is 2. The molecule has 2 aromatic heterocycles. The molecule has 2 amide bonds. The number of carbonyl (C=O) groups is 2. The molecule has 4 nitrogen and oxygen atoms in total. The lowest BCUT2D eigenvalue weighted by Crippen LogP contribution is -2.40. The number of amides is 2. The Kier molecular flexibility index (Phi) is 5.63. The van der Waals surface area contributed by atoms with Crippen LogP contribution in [0.2, 0.25) is 0 Å². The first-order chi connectivity index (χ1) is 11.6. The summed E-state index contributed by atoms with van der Waals surface area (Å²) in [6.07, 6.45) is 0. The zero-order valence-corrected chi connectivity index (χ0v) is 16.1. The van der Waals surface area contributed by atoms with Gasteiger partial charge in [-0.3, -0.25) is 9.59 Å². The largest absolute Gasteiger partial charge is 0.336 e. The molecule has 2 atom stereocenters. The smallest absolute Gasteiger partial charge is 0.263 e. The van der Waals surface area contributed by atoms with Crippen LogP contribution in [-0.2, 0) is 4.79 Å². The van der Waals surface area contributed by atoms with Crippen molar-refractivity contribution in [1.29, 1.82) is 0 Å². The Bertz CT molecular complexity index is 685. The van der Waals surface area contributed by atoms with E-state index in [4.69, 9.17) is 0 Å². The number of nitrogens with zero attached hydrogens (tertiary/aromatic N) is 2. The third-order valence-corrected chi connectivity index (χ3v) is 7.35. The highest BCUT2D eigenvalue weighted by atomic mass is 32.2. The summed E-state index contributed by atoms with van der Waals surface area (Å²) in [7, 11) is 0. The van der Waals surface area contributed by atoms with Crippen molar-refractivity contribution in [3.8, 4) is 0 Å². The minimum absolute atomic E-state index is 0.0276. The quantitative estimate of drug-likeness (QED) is 0.762. The molecule has 0 spiro atoms. The molecule has 1 saturated heterocycles. The maximum atomic E-state index is 12.5. The van der Waals surface area contributed by atoms with Crippen LogP contribution in [0.25, 0.3) is 0 Å². The van der Waals surface area contributed by atoms with E-state index in [-0.39, 0.29) is 22.4 Å². The Morgan fingerprint density at radius 2 is 2.00 bits per heavy atom. The van der Waals surface area contributed by atoms with Crippen molar-refractivity contribution in [2.24, 2.45) is 0 Å². The molecular weight excluding hydrogens is 360 g/mol. The Morgan fingerprint density at radius 1 is 1.25 bits per heavy atom. The van der Waals surface area contributed by atoms with Crippen LogP contribution in [0.5, 0.6) is 0 Å². The second kappa shape index (κ2) is 7.72. The van der Waals surface area contributed by atoms with Crippen LogP contribution in [0.1, 0.15) is 33.8 Å². The SMILES string of the molecule is CCN(CCN1C(=O)[C@@H](C)S[C@H]1c1cccs1)C(=O)c1cccs1. The van der Waals surface area contributed by atoms with Gasteiger partial charge in [-0.1, -0.05) is 12.1 Å². The molecule has 0 N–H and O–H groups in total. The van der Waals surface area contributed by atoms with Crippen LogP contribution in [0.15, 0.2) is 35.0 Å². The zero-order chi connectivity index (χ0) is 17.1. The topological polar surface area (TPSA) is 40.6 Å². The van der Waals surface area contributed by atoms with E-state index < -0.39 is 0 Å². The van der Waals surface area contributed by atoms with Crippen molar-refractivity contribution in [3.05, 3.63) is 44.8 Å². The molecule has 1 fully saturated rings.